The van der Waals surface area contributed by atoms with E-state index in [1.165, 1.54) is 0 Å². The first-order chi connectivity index (χ1) is 0. The second-order valence-electron chi connectivity index (χ2n) is 0. The number of hydrogen-bond acceptors (Lipinski definition) is 1. The maximum absolute atomic E-state index is 0. The molecule has 0 aromatic rings. The van der Waals surface area contributed by atoms with Crippen LogP contribution in [0, 0.1) is 0 Å². The largest absolute Gasteiger partial charge is 3.00 e. The Hall–Kier alpha value is 0.710. The Labute approximate surface area is 48.2 Å². The van der Waals surface area contributed by atoms with Crippen molar-refractivity contribution >= 4 is 25.8 Å². The Morgan fingerprint density at radius 2 is 0.800 bits per heavy atom. The van der Waals surface area contributed by atoms with E-state index in [-0.39, 0.29) is 47.7 Å². The van der Waals surface area contributed by atoms with Crippen LogP contribution in [-0.4, -0.2) is 42.3 Å². The molecular weight excluding hydrogens is 179 g/mol. The molecule has 5 heteroatoms. The minimum atomic E-state index is 0. The zero-order chi connectivity index (χ0) is 0. The Morgan fingerprint density at radius 3 is 0.800 bits per heavy atom. The smallest absolute Gasteiger partial charge is 2.00 e. The van der Waals surface area contributed by atoms with E-state index in [0.29, 0.717) is 0 Å². The fraction of sp³-hybridized carbons (Fsp3) is 0. The van der Waals surface area contributed by atoms with Gasteiger partial charge in [-0.25, -0.2) is 0 Å². The summed E-state index contributed by atoms with van der Waals surface area (Å²) in [6.45, 7) is 0. The molecule has 0 unspecified atom stereocenters. The van der Waals surface area contributed by atoms with E-state index in [9.17, 15) is 0 Å². The van der Waals surface area contributed by atoms with Gasteiger partial charge in [0.25, 0.3) is 0 Å². The van der Waals surface area contributed by atoms with Crippen LogP contribution in [0.1, 0.15) is 0 Å². The summed E-state index contributed by atoms with van der Waals surface area (Å²) in [7, 11) is 0. The molecular formula is H5InO4. The van der Waals surface area contributed by atoms with Crippen LogP contribution in [0.15, 0.2) is 0 Å². The molecule has 0 aliphatic carbocycles. The first-order valence-corrected chi connectivity index (χ1v) is 0. The summed E-state index contributed by atoms with van der Waals surface area (Å²) in [6.07, 6.45) is 0. The van der Waals surface area contributed by atoms with Crippen molar-refractivity contribution in [1.29, 1.82) is 0 Å². The SMILES string of the molecule is O.O.[In+3].[O-2].[OH-]. The molecule has 0 aromatic carbocycles. The van der Waals surface area contributed by atoms with Gasteiger partial charge in [-0.1, -0.05) is 0 Å². The van der Waals surface area contributed by atoms with Crippen LogP contribution in [0.5, 0.6) is 0 Å². The average Bonchev–Trinajstić information content (AvgIpc) is 0. The Bertz CT molecular complexity index is 3.61. The van der Waals surface area contributed by atoms with Crippen molar-refractivity contribution in [3.63, 3.8) is 0 Å². The van der Waals surface area contributed by atoms with Gasteiger partial charge in [0.2, 0.25) is 0 Å². The van der Waals surface area contributed by atoms with Gasteiger partial charge in [-0.15, -0.1) is 0 Å². The summed E-state index contributed by atoms with van der Waals surface area (Å²) >= 11 is 0. The van der Waals surface area contributed by atoms with E-state index in [1.54, 1.807) is 0 Å². The van der Waals surface area contributed by atoms with E-state index in [0.717, 1.165) is 0 Å². The van der Waals surface area contributed by atoms with Crippen LogP contribution in [0.25, 0.3) is 0 Å². The van der Waals surface area contributed by atoms with Crippen molar-refractivity contribution in [3.05, 3.63) is 0 Å². The van der Waals surface area contributed by atoms with Crippen molar-refractivity contribution in [1.82, 2.24) is 0 Å². The Morgan fingerprint density at radius 1 is 0.800 bits per heavy atom. The van der Waals surface area contributed by atoms with Crippen LogP contribution < -0.4 is 0 Å². The molecule has 0 fully saturated rings. The van der Waals surface area contributed by atoms with Crippen molar-refractivity contribution < 1.29 is 21.9 Å². The van der Waals surface area contributed by atoms with Crippen LogP contribution in [-0.2, 0) is 5.48 Å². The molecule has 0 heterocycles. The molecule has 0 amide bonds. The quantitative estimate of drug-likeness (QED) is 0.411. The molecule has 0 atom stereocenters. The monoisotopic (exact) mass is 184 g/mol. The summed E-state index contributed by atoms with van der Waals surface area (Å²) in [5, 5.41) is 0. The van der Waals surface area contributed by atoms with Crippen LogP contribution in [0.2, 0.25) is 0 Å². The fourth-order valence-electron chi connectivity index (χ4n) is 0. The van der Waals surface area contributed by atoms with Gasteiger partial charge in [0, 0.05) is 0 Å². The van der Waals surface area contributed by atoms with Gasteiger partial charge in [-0.3, -0.25) is 0 Å². The second kappa shape index (κ2) is 129. The predicted octanol–water partition coefficient (Wildman–Crippen LogP) is -2.33. The molecule has 0 aliphatic heterocycles. The zero-order valence-electron chi connectivity index (χ0n) is 2.43. The second-order valence-corrected chi connectivity index (χ2v) is 0. The summed E-state index contributed by atoms with van der Waals surface area (Å²) in [6, 6.07) is 0. The molecule has 0 rings (SSSR count). The van der Waals surface area contributed by atoms with Gasteiger partial charge >= 0.3 is 25.8 Å². The van der Waals surface area contributed by atoms with E-state index < -0.39 is 0 Å². The molecule has 0 radical (unpaired) electrons. The maximum atomic E-state index is 0. The average molecular weight is 184 g/mol. The molecule has 0 aliphatic rings. The van der Waals surface area contributed by atoms with E-state index in [4.69, 9.17) is 0 Å². The summed E-state index contributed by atoms with van der Waals surface area (Å²) in [5.41, 5.74) is 0. The topological polar surface area (TPSA) is 122 Å². The summed E-state index contributed by atoms with van der Waals surface area (Å²) in [5.74, 6) is 0. The van der Waals surface area contributed by atoms with Gasteiger partial charge in [-0.05, 0) is 0 Å². The van der Waals surface area contributed by atoms with Gasteiger partial charge in [-0.2, -0.15) is 0 Å². The van der Waals surface area contributed by atoms with Gasteiger partial charge < -0.3 is 21.9 Å². The maximum Gasteiger partial charge on any atom is 3.00 e. The summed E-state index contributed by atoms with van der Waals surface area (Å²) in [4.78, 5) is 0. The van der Waals surface area contributed by atoms with Gasteiger partial charge in [0.1, 0.15) is 0 Å². The van der Waals surface area contributed by atoms with Gasteiger partial charge in [0.05, 0.1) is 0 Å². The molecule has 0 aromatic heterocycles. The number of hydrogen-bond donors (Lipinski definition) is 0. The van der Waals surface area contributed by atoms with Crippen molar-refractivity contribution in [3.8, 4) is 0 Å². The predicted molar refractivity (Wildman–Crippen MR) is 15.6 cm³/mol. The van der Waals surface area contributed by atoms with E-state index in [2.05, 4.69) is 0 Å². The standard InChI is InChI=1S/In.3H2O.O/h;3*1H2;/q+3;;;;-2/p-1. The Kier molecular flexibility index (Phi) is 6460. The molecule has 0 saturated carbocycles. The minimum Gasteiger partial charge on any atom is -2.00 e. The molecule has 0 bridgehead atoms. The normalized spacial score (nSPS) is 0. The first-order valence-electron chi connectivity index (χ1n) is 0. The third kappa shape index (κ3) is 68.6. The van der Waals surface area contributed by atoms with E-state index >= 15 is 0 Å². The zero-order valence-corrected chi connectivity index (χ0v) is 5.73. The van der Waals surface area contributed by atoms with Crippen molar-refractivity contribution in [2.45, 2.75) is 0 Å². The first kappa shape index (κ1) is 251. The van der Waals surface area contributed by atoms with Crippen LogP contribution >= 0.6 is 0 Å². The van der Waals surface area contributed by atoms with Crippen molar-refractivity contribution in [2.75, 3.05) is 0 Å². The molecule has 0 spiro atoms. The van der Waals surface area contributed by atoms with Crippen molar-refractivity contribution in [2.24, 2.45) is 0 Å². The molecule has 4 nitrogen and oxygen atoms in total. The third-order valence-electron chi connectivity index (χ3n) is 0. The number of rotatable bonds is 0. The van der Waals surface area contributed by atoms with Crippen LogP contribution in [0.3, 0.4) is 0 Å². The minimum absolute atomic E-state index is 0. The molecule has 5 heavy (non-hydrogen) atoms. The van der Waals surface area contributed by atoms with Gasteiger partial charge in [0.15, 0.2) is 0 Å². The summed E-state index contributed by atoms with van der Waals surface area (Å²) < 4.78 is 0. The molecule has 0 saturated heterocycles. The third-order valence-corrected chi connectivity index (χ3v) is 0. The fourth-order valence-corrected chi connectivity index (χ4v) is 0. The molecule has 32 valence electrons. The van der Waals surface area contributed by atoms with E-state index in [1.807, 2.05) is 0 Å². The molecule has 5 N–H and O–H groups in total. The Balaban J connectivity index is 0. The van der Waals surface area contributed by atoms with Crippen LogP contribution in [0.4, 0.5) is 0 Å².